The van der Waals surface area contributed by atoms with Gasteiger partial charge in [-0.2, -0.15) is 0 Å². The van der Waals surface area contributed by atoms with Gasteiger partial charge in [0.1, 0.15) is 12.4 Å². The SMILES string of the molecule is C=CCOC(=O)c1cncc(O)c1. The molecule has 4 heteroatoms. The molecule has 0 radical (unpaired) electrons. The van der Waals surface area contributed by atoms with E-state index in [2.05, 4.69) is 11.6 Å². The minimum absolute atomic E-state index is 0.0620. The third-order valence-corrected chi connectivity index (χ3v) is 1.29. The number of aromatic nitrogens is 1. The molecule has 0 fully saturated rings. The van der Waals surface area contributed by atoms with Crippen LogP contribution in [0.2, 0.25) is 0 Å². The van der Waals surface area contributed by atoms with E-state index >= 15 is 0 Å². The highest BCUT2D eigenvalue weighted by atomic mass is 16.5. The largest absolute Gasteiger partial charge is 0.506 e. The fraction of sp³-hybridized carbons (Fsp3) is 0.111. The number of ether oxygens (including phenoxy) is 1. The van der Waals surface area contributed by atoms with Gasteiger partial charge in [0.2, 0.25) is 0 Å². The van der Waals surface area contributed by atoms with Gasteiger partial charge in [0.05, 0.1) is 11.8 Å². The Morgan fingerprint density at radius 3 is 3.08 bits per heavy atom. The molecular weight excluding hydrogens is 170 g/mol. The lowest BCUT2D eigenvalue weighted by molar-refractivity contribution is 0.0549. The van der Waals surface area contributed by atoms with Crippen molar-refractivity contribution < 1.29 is 14.6 Å². The summed E-state index contributed by atoms with van der Waals surface area (Å²) in [5, 5.41) is 9.00. The molecule has 0 saturated carbocycles. The van der Waals surface area contributed by atoms with Crippen LogP contribution in [0.3, 0.4) is 0 Å². The standard InChI is InChI=1S/C9H9NO3/c1-2-3-13-9(12)7-4-8(11)6-10-5-7/h2,4-6,11H,1,3H2. The fourth-order valence-corrected chi connectivity index (χ4v) is 0.757. The molecule has 4 nitrogen and oxygen atoms in total. The first-order valence-electron chi connectivity index (χ1n) is 3.66. The van der Waals surface area contributed by atoms with E-state index in [-0.39, 0.29) is 17.9 Å². The minimum Gasteiger partial charge on any atom is -0.506 e. The molecule has 68 valence electrons. The molecule has 0 saturated heterocycles. The number of carbonyl (C=O) groups excluding carboxylic acids is 1. The quantitative estimate of drug-likeness (QED) is 0.558. The van der Waals surface area contributed by atoms with Crippen LogP contribution in [0, 0.1) is 0 Å². The number of pyridine rings is 1. The maximum Gasteiger partial charge on any atom is 0.340 e. The molecule has 0 spiro atoms. The fourth-order valence-electron chi connectivity index (χ4n) is 0.757. The molecule has 0 aliphatic carbocycles. The van der Waals surface area contributed by atoms with E-state index in [1.54, 1.807) is 0 Å². The summed E-state index contributed by atoms with van der Waals surface area (Å²) in [5.41, 5.74) is 0.224. The van der Waals surface area contributed by atoms with E-state index < -0.39 is 5.97 Å². The predicted octanol–water partition coefficient (Wildman–Crippen LogP) is 1.13. The highest BCUT2D eigenvalue weighted by Gasteiger charge is 2.06. The average Bonchev–Trinajstić information content (AvgIpc) is 2.14. The van der Waals surface area contributed by atoms with Crippen LogP contribution < -0.4 is 0 Å². The molecular formula is C9H9NO3. The van der Waals surface area contributed by atoms with Gasteiger partial charge in [0, 0.05) is 6.20 Å². The molecule has 0 aromatic carbocycles. The number of aromatic hydroxyl groups is 1. The second-order valence-corrected chi connectivity index (χ2v) is 2.32. The van der Waals surface area contributed by atoms with Gasteiger partial charge in [-0.25, -0.2) is 4.79 Å². The Labute approximate surface area is 75.5 Å². The molecule has 0 aliphatic heterocycles. The summed E-state index contributed by atoms with van der Waals surface area (Å²) >= 11 is 0. The Bertz CT molecular complexity index is 322. The number of hydrogen-bond donors (Lipinski definition) is 1. The van der Waals surface area contributed by atoms with Crippen LogP contribution in [0.5, 0.6) is 5.75 Å². The summed E-state index contributed by atoms with van der Waals surface area (Å²) in [5.74, 6) is -0.587. The Morgan fingerprint density at radius 1 is 1.69 bits per heavy atom. The summed E-state index contributed by atoms with van der Waals surface area (Å²) in [7, 11) is 0. The van der Waals surface area contributed by atoms with Crippen molar-refractivity contribution in [3.05, 3.63) is 36.7 Å². The van der Waals surface area contributed by atoms with Crippen LogP contribution in [-0.2, 0) is 4.74 Å². The molecule has 0 aliphatic rings. The van der Waals surface area contributed by atoms with Gasteiger partial charge in [0.25, 0.3) is 0 Å². The van der Waals surface area contributed by atoms with Gasteiger partial charge < -0.3 is 9.84 Å². The first-order chi connectivity index (χ1) is 6.24. The first kappa shape index (κ1) is 9.25. The van der Waals surface area contributed by atoms with Crippen LogP contribution in [0.15, 0.2) is 31.1 Å². The number of rotatable bonds is 3. The van der Waals surface area contributed by atoms with Crippen molar-refractivity contribution in [1.82, 2.24) is 4.98 Å². The third kappa shape index (κ3) is 2.59. The van der Waals surface area contributed by atoms with E-state index in [9.17, 15) is 4.79 Å². The van der Waals surface area contributed by atoms with Crippen molar-refractivity contribution in [1.29, 1.82) is 0 Å². The molecule has 0 atom stereocenters. The van der Waals surface area contributed by atoms with Crippen molar-refractivity contribution >= 4 is 5.97 Å². The lowest BCUT2D eigenvalue weighted by atomic mass is 10.3. The Morgan fingerprint density at radius 2 is 2.46 bits per heavy atom. The average molecular weight is 179 g/mol. The summed E-state index contributed by atoms with van der Waals surface area (Å²) in [4.78, 5) is 14.8. The minimum atomic E-state index is -0.525. The highest BCUT2D eigenvalue weighted by molar-refractivity contribution is 5.89. The van der Waals surface area contributed by atoms with E-state index in [4.69, 9.17) is 9.84 Å². The number of carbonyl (C=O) groups is 1. The van der Waals surface area contributed by atoms with Crippen molar-refractivity contribution in [2.45, 2.75) is 0 Å². The maximum absolute atomic E-state index is 11.1. The molecule has 1 aromatic rings. The zero-order valence-electron chi connectivity index (χ0n) is 6.93. The van der Waals surface area contributed by atoms with Gasteiger partial charge in [0.15, 0.2) is 0 Å². The second-order valence-electron chi connectivity index (χ2n) is 2.32. The molecule has 0 bridgehead atoms. The van der Waals surface area contributed by atoms with E-state index in [0.717, 1.165) is 0 Å². The second kappa shape index (κ2) is 4.25. The van der Waals surface area contributed by atoms with Crippen molar-refractivity contribution in [2.24, 2.45) is 0 Å². The first-order valence-corrected chi connectivity index (χ1v) is 3.66. The van der Waals surface area contributed by atoms with Crippen molar-refractivity contribution in [2.75, 3.05) is 6.61 Å². The zero-order valence-corrected chi connectivity index (χ0v) is 6.93. The smallest absolute Gasteiger partial charge is 0.340 e. The topological polar surface area (TPSA) is 59.4 Å². The maximum atomic E-state index is 11.1. The Balaban J connectivity index is 2.71. The summed E-state index contributed by atoms with van der Waals surface area (Å²) in [6.07, 6.45) is 4.03. The molecule has 13 heavy (non-hydrogen) atoms. The molecule has 1 heterocycles. The monoisotopic (exact) mass is 179 g/mol. The summed E-state index contributed by atoms with van der Waals surface area (Å²) in [6.45, 7) is 3.55. The normalized spacial score (nSPS) is 9.23. The number of esters is 1. The highest BCUT2D eigenvalue weighted by Crippen LogP contribution is 2.09. The van der Waals surface area contributed by atoms with Gasteiger partial charge >= 0.3 is 5.97 Å². The molecule has 0 amide bonds. The van der Waals surface area contributed by atoms with Crippen LogP contribution in [0.1, 0.15) is 10.4 Å². The molecule has 1 aromatic heterocycles. The van der Waals surface area contributed by atoms with Crippen molar-refractivity contribution in [3.8, 4) is 5.75 Å². The lowest BCUT2D eigenvalue weighted by Gasteiger charge is -2.00. The van der Waals surface area contributed by atoms with Gasteiger partial charge in [-0.15, -0.1) is 0 Å². The molecule has 0 unspecified atom stereocenters. The number of hydrogen-bond acceptors (Lipinski definition) is 4. The van der Waals surface area contributed by atoms with Crippen LogP contribution in [0.4, 0.5) is 0 Å². The van der Waals surface area contributed by atoms with E-state index in [1.165, 1.54) is 24.5 Å². The number of nitrogens with zero attached hydrogens (tertiary/aromatic N) is 1. The van der Waals surface area contributed by atoms with E-state index in [1.807, 2.05) is 0 Å². The predicted molar refractivity (Wildman–Crippen MR) is 46.4 cm³/mol. The van der Waals surface area contributed by atoms with Crippen LogP contribution >= 0.6 is 0 Å². The van der Waals surface area contributed by atoms with Crippen LogP contribution in [-0.4, -0.2) is 22.7 Å². The Kier molecular flexibility index (Phi) is 3.03. The third-order valence-electron chi connectivity index (χ3n) is 1.29. The van der Waals surface area contributed by atoms with Crippen LogP contribution in [0.25, 0.3) is 0 Å². The lowest BCUT2D eigenvalue weighted by Crippen LogP contribution is -2.04. The van der Waals surface area contributed by atoms with Gasteiger partial charge in [-0.05, 0) is 6.07 Å². The zero-order chi connectivity index (χ0) is 9.68. The van der Waals surface area contributed by atoms with Crippen molar-refractivity contribution in [3.63, 3.8) is 0 Å². The summed E-state index contributed by atoms with van der Waals surface area (Å²) < 4.78 is 4.72. The molecule has 1 rings (SSSR count). The molecule has 1 N–H and O–H groups in total. The van der Waals surface area contributed by atoms with Gasteiger partial charge in [-0.1, -0.05) is 12.7 Å². The van der Waals surface area contributed by atoms with Gasteiger partial charge in [-0.3, -0.25) is 4.98 Å². The Hall–Kier alpha value is -1.84. The van der Waals surface area contributed by atoms with E-state index in [0.29, 0.717) is 0 Å². The summed E-state index contributed by atoms with van der Waals surface area (Å²) in [6, 6.07) is 1.29.